The van der Waals surface area contributed by atoms with E-state index in [-0.39, 0.29) is 0 Å². The molecule has 50 valence electrons. The van der Waals surface area contributed by atoms with Gasteiger partial charge < -0.3 is 4.90 Å². The minimum Gasteiger partial charge on any atom is -0.320 e. The fourth-order valence-corrected chi connectivity index (χ4v) is 1.42. The normalized spacial score (nSPS) is 20.8. The molecular formula is C7H6N2S. The molecule has 0 amide bonds. The first kappa shape index (κ1) is 5.80. The molecule has 0 aromatic carbocycles. The topological polar surface area (TPSA) is 15.6 Å². The molecule has 2 heterocycles. The monoisotopic (exact) mass is 150 g/mol. The Labute approximate surface area is 63.6 Å². The number of aliphatic imine (C=N–C) groups is 1. The van der Waals surface area contributed by atoms with Crippen molar-refractivity contribution < 1.29 is 0 Å². The molecular weight excluding hydrogens is 144 g/mol. The van der Waals surface area contributed by atoms with Gasteiger partial charge in [-0.15, -0.1) is 11.8 Å². The van der Waals surface area contributed by atoms with Gasteiger partial charge in [0.25, 0.3) is 0 Å². The molecule has 0 saturated carbocycles. The van der Waals surface area contributed by atoms with Crippen LogP contribution in [0, 0.1) is 0 Å². The summed E-state index contributed by atoms with van der Waals surface area (Å²) in [6.07, 6.45) is 7.57. The van der Waals surface area contributed by atoms with Crippen LogP contribution >= 0.6 is 11.8 Å². The van der Waals surface area contributed by atoms with Crippen molar-refractivity contribution in [2.24, 2.45) is 4.99 Å². The van der Waals surface area contributed by atoms with Crippen LogP contribution in [-0.4, -0.2) is 11.1 Å². The van der Waals surface area contributed by atoms with E-state index < -0.39 is 0 Å². The second kappa shape index (κ2) is 2.34. The van der Waals surface area contributed by atoms with Crippen LogP contribution in [0.1, 0.15) is 0 Å². The minimum atomic E-state index is 1.13. The molecule has 0 aromatic heterocycles. The number of nitrogens with zero attached hydrogens (tertiary/aromatic N) is 2. The van der Waals surface area contributed by atoms with Gasteiger partial charge in [0.05, 0.1) is 11.9 Å². The summed E-state index contributed by atoms with van der Waals surface area (Å²) in [5, 5.41) is 4.10. The minimum absolute atomic E-state index is 1.13. The summed E-state index contributed by atoms with van der Waals surface area (Å²) in [4.78, 5) is 6.03. The predicted octanol–water partition coefficient (Wildman–Crippen LogP) is 1.90. The molecule has 0 N–H and O–H groups in total. The molecule has 0 unspecified atom stereocenters. The van der Waals surface area contributed by atoms with Gasteiger partial charge in [-0.1, -0.05) is 0 Å². The van der Waals surface area contributed by atoms with E-state index in [1.54, 1.807) is 18.0 Å². The van der Waals surface area contributed by atoms with Gasteiger partial charge in [-0.05, 0) is 5.41 Å². The fourth-order valence-electron chi connectivity index (χ4n) is 0.819. The zero-order valence-electron chi connectivity index (χ0n) is 5.27. The number of rotatable bonds is 0. The Morgan fingerprint density at radius 1 is 1.40 bits per heavy atom. The molecule has 2 aliphatic rings. The molecule has 2 aliphatic heterocycles. The third-order valence-electron chi connectivity index (χ3n) is 1.31. The van der Waals surface area contributed by atoms with E-state index in [2.05, 4.69) is 10.4 Å². The largest absolute Gasteiger partial charge is 0.320 e. The van der Waals surface area contributed by atoms with Crippen LogP contribution in [0.25, 0.3) is 0 Å². The summed E-state index contributed by atoms with van der Waals surface area (Å²) in [5.74, 6) is 0. The summed E-state index contributed by atoms with van der Waals surface area (Å²) >= 11 is 1.67. The average molecular weight is 150 g/mol. The van der Waals surface area contributed by atoms with Crippen molar-refractivity contribution in [3.63, 3.8) is 0 Å². The highest BCUT2D eigenvalue weighted by atomic mass is 32.2. The Kier molecular flexibility index (Phi) is 1.36. The third kappa shape index (κ3) is 0.885. The first-order valence-electron chi connectivity index (χ1n) is 2.97. The first-order chi connectivity index (χ1) is 4.97. The van der Waals surface area contributed by atoms with Crippen LogP contribution in [0.4, 0.5) is 0 Å². The number of thioether (sulfide) groups is 1. The van der Waals surface area contributed by atoms with E-state index in [0.29, 0.717) is 0 Å². The summed E-state index contributed by atoms with van der Waals surface area (Å²) in [6, 6.07) is 0. The maximum absolute atomic E-state index is 4.00. The van der Waals surface area contributed by atoms with Crippen molar-refractivity contribution in [2.75, 3.05) is 0 Å². The molecule has 2 nitrogen and oxygen atoms in total. The molecule has 10 heavy (non-hydrogen) atoms. The van der Waals surface area contributed by atoms with Crippen molar-refractivity contribution in [1.29, 1.82) is 0 Å². The van der Waals surface area contributed by atoms with E-state index >= 15 is 0 Å². The number of hydrogen-bond acceptors (Lipinski definition) is 3. The molecule has 0 radical (unpaired) electrons. The van der Waals surface area contributed by atoms with Gasteiger partial charge in [0.2, 0.25) is 0 Å². The zero-order valence-corrected chi connectivity index (χ0v) is 6.08. The molecule has 2 rings (SSSR count). The van der Waals surface area contributed by atoms with Gasteiger partial charge in [0.1, 0.15) is 0 Å². The molecule has 0 atom stereocenters. The maximum atomic E-state index is 4.00. The van der Waals surface area contributed by atoms with Crippen LogP contribution in [0.15, 0.2) is 40.1 Å². The number of hydrogen-bond donors (Lipinski definition) is 0. The van der Waals surface area contributed by atoms with Crippen LogP contribution in [0.3, 0.4) is 0 Å². The van der Waals surface area contributed by atoms with Gasteiger partial charge in [0.15, 0.2) is 0 Å². The summed E-state index contributed by atoms with van der Waals surface area (Å²) in [6.45, 7) is 0. The Balaban J connectivity index is 2.33. The number of allylic oxidation sites excluding steroid dienone is 1. The Morgan fingerprint density at radius 2 is 2.40 bits per heavy atom. The lowest BCUT2D eigenvalue weighted by atomic mass is 10.4. The van der Waals surface area contributed by atoms with Crippen LogP contribution in [0.2, 0.25) is 0 Å². The molecule has 0 aromatic rings. The predicted molar refractivity (Wildman–Crippen MR) is 44.3 cm³/mol. The third-order valence-corrected chi connectivity index (χ3v) is 1.96. The van der Waals surface area contributed by atoms with E-state index in [9.17, 15) is 0 Å². The van der Waals surface area contributed by atoms with E-state index in [4.69, 9.17) is 0 Å². The Bertz CT molecular complexity index is 250. The molecule has 3 heteroatoms. The standard InChI is InChI=1S/C7H6N2S/c1-2-9-3-4-10-6-7(9)5-8-1/h1-6H. The smallest absolute Gasteiger partial charge is 0.0700 e. The maximum Gasteiger partial charge on any atom is 0.0700 e. The molecule has 0 saturated heterocycles. The highest BCUT2D eigenvalue weighted by Gasteiger charge is 2.05. The van der Waals surface area contributed by atoms with Gasteiger partial charge >= 0.3 is 0 Å². The second-order valence-corrected chi connectivity index (χ2v) is 2.73. The van der Waals surface area contributed by atoms with Crippen LogP contribution < -0.4 is 0 Å². The molecule has 0 aliphatic carbocycles. The molecule has 0 bridgehead atoms. The SMILES string of the molecule is C1=CN2C=CSC=C2C=N1. The summed E-state index contributed by atoms with van der Waals surface area (Å²) < 4.78 is 0. The van der Waals surface area contributed by atoms with Gasteiger partial charge in [-0.2, -0.15) is 0 Å². The lowest BCUT2D eigenvalue weighted by molar-refractivity contribution is 0.659. The highest BCUT2D eigenvalue weighted by molar-refractivity contribution is 8.05. The fraction of sp³-hybridized carbons (Fsp3) is 0. The lowest BCUT2D eigenvalue weighted by Crippen LogP contribution is -2.13. The van der Waals surface area contributed by atoms with Crippen molar-refractivity contribution in [2.45, 2.75) is 0 Å². The van der Waals surface area contributed by atoms with Crippen molar-refractivity contribution in [3.05, 3.63) is 35.1 Å². The summed E-state index contributed by atoms with van der Waals surface area (Å²) in [5.41, 5.74) is 1.13. The molecule has 0 fully saturated rings. The van der Waals surface area contributed by atoms with Gasteiger partial charge in [0, 0.05) is 24.0 Å². The van der Waals surface area contributed by atoms with Crippen LogP contribution in [-0.2, 0) is 0 Å². The first-order valence-corrected chi connectivity index (χ1v) is 3.91. The van der Waals surface area contributed by atoms with E-state index in [1.807, 2.05) is 28.9 Å². The van der Waals surface area contributed by atoms with Gasteiger partial charge in [-0.25, -0.2) is 0 Å². The van der Waals surface area contributed by atoms with Crippen LogP contribution in [0.5, 0.6) is 0 Å². The highest BCUT2D eigenvalue weighted by Crippen LogP contribution is 2.20. The van der Waals surface area contributed by atoms with Crippen molar-refractivity contribution >= 4 is 18.0 Å². The van der Waals surface area contributed by atoms with Crippen molar-refractivity contribution in [1.82, 2.24) is 4.90 Å². The summed E-state index contributed by atoms with van der Waals surface area (Å²) in [7, 11) is 0. The second-order valence-electron chi connectivity index (χ2n) is 1.95. The zero-order chi connectivity index (χ0) is 6.81. The lowest BCUT2D eigenvalue weighted by Gasteiger charge is -2.20. The molecule has 0 spiro atoms. The van der Waals surface area contributed by atoms with E-state index in [1.165, 1.54) is 0 Å². The number of fused-ring (bicyclic) bond motifs is 1. The Morgan fingerprint density at radius 3 is 3.30 bits per heavy atom. The van der Waals surface area contributed by atoms with E-state index in [0.717, 1.165) is 5.70 Å². The van der Waals surface area contributed by atoms with Gasteiger partial charge in [-0.3, -0.25) is 4.99 Å². The van der Waals surface area contributed by atoms with Crippen molar-refractivity contribution in [3.8, 4) is 0 Å². The quantitative estimate of drug-likeness (QED) is 0.524. The average Bonchev–Trinajstić information content (AvgIpc) is 2.05. The Hall–Kier alpha value is -0.960.